The number of aliphatic imine (C=N–C) groups is 1. The Morgan fingerprint density at radius 1 is 1.19 bits per heavy atom. The molecule has 1 aromatic heterocycles. The normalized spacial score (nSPS) is 14.8. The fourth-order valence-electron chi connectivity index (χ4n) is 3.51. The Morgan fingerprint density at radius 3 is 2.44 bits per heavy atom. The van der Waals surface area contributed by atoms with Gasteiger partial charge < -0.3 is 15.5 Å². The van der Waals surface area contributed by atoms with Gasteiger partial charge >= 0.3 is 0 Å². The van der Waals surface area contributed by atoms with Crippen molar-refractivity contribution in [3.05, 3.63) is 23.9 Å². The van der Waals surface area contributed by atoms with E-state index in [0.29, 0.717) is 12.1 Å². The zero-order chi connectivity index (χ0) is 18.9. The number of aromatic nitrogens is 1. The van der Waals surface area contributed by atoms with Crippen molar-refractivity contribution in [2.45, 2.75) is 59.2 Å². The topological polar surface area (TPSA) is 55.8 Å². The smallest absolute Gasteiger partial charge is 0.191 e. The van der Waals surface area contributed by atoms with E-state index in [9.17, 15) is 0 Å². The van der Waals surface area contributed by atoms with Crippen LogP contribution in [0.2, 0.25) is 0 Å². The highest BCUT2D eigenvalue weighted by molar-refractivity contribution is 14.0. The van der Waals surface area contributed by atoms with Crippen molar-refractivity contribution in [3.63, 3.8) is 0 Å². The summed E-state index contributed by atoms with van der Waals surface area (Å²) in [7, 11) is 1.82. The molecule has 1 aromatic rings. The van der Waals surface area contributed by atoms with Gasteiger partial charge in [0, 0.05) is 58.1 Å². The highest BCUT2D eigenvalue weighted by Gasteiger charge is 2.14. The molecule has 2 rings (SSSR count). The van der Waals surface area contributed by atoms with E-state index in [1.807, 2.05) is 13.2 Å². The van der Waals surface area contributed by atoms with Gasteiger partial charge in [0.25, 0.3) is 0 Å². The molecule has 0 aromatic carbocycles. The third kappa shape index (κ3) is 7.81. The second-order valence-corrected chi connectivity index (χ2v) is 7.49. The van der Waals surface area contributed by atoms with Crippen LogP contribution in [-0.4, -0.2) is 61.2 Å². The Balaban J connectivity index is 0.00000364. The molecule has 6 nitrogen and oxygen atoms in total. The lowest BCUT2D eigenvalue weighted by Gasteiger charge is -2.30. The summed E-state index contributed by atoms with van der Waals surface area (Å²) in [6, 6.07) is 5.35. The van der Waals surface area contributed by atoms with Crippen molar-refractivity contribution in [2.75, 3.05) is 38.1 Å². The summed E-state index contributed by atoms with van der Waals surface area (Å²) in [5.74, 6) is 1.94. The number of halogens is 1. The van der Waals surface area contributed by atoms with Gasteiger partial charge in [-0.2, -0.15) is 0 Å². The second-order valence-electron chi connectivity index (χ2n) is 7.49. The summed E-state index contributed by atoms with van der Waals surface area (Å²) in [4.78, 5) is 13.7. The summed E-state index contributed by atoms with van der Waals surface area (Å²) in [6.07, 6.45) is 4.44. The van der Waals surface area contributed by atoms with E-state index in [4.69, 9.17) is 0 Å². The van der Waals surface area contributed by atoms with Crippen LogP contribution in [-0.2, 0) is 6.54 Å². The maximum Gasteiger partial charge on any atom is 0.191 e. The Kier molecular flexibility index (Phi) is 11.0. The lowest BCUT2D eigenvalue weighted by Crippen LogP contribution is -2.45. The molecule has 0 amide bonds. The summed E-state index contributed by atoms with van der Waals surface area (Å²) in [6.45, 7) is 13.9. The fraction of sp³-hybridized carbons (Fsp3) is 0.700. The molecular formula is C20H37IN6. The van der Waals surface area contributed by atoms with Gasteiger partial charge in [-0.1, -0.05) is 0 Å². The van der Waals surface area contributed by atoms with Crippen molar-refractivity contribution in [1.82, 2.24) is 20.5 Å². The molecule has 0 atom stereocenters. The minimum atomic E-state index is 0. The minimum Gasteiger partial charge on any atom is -0.357 e. The molecule has 0 aliphatic carbocycles. The van der Waals surface area contributed by atoms with Crippen LogP contribution in [0.3, 0.4) is 0 Å². The maximum atomic E-state index is 4.52. The zero-order valence-corrected chi connectivity index (χ0v) is 19.9. The molecule has 2 N–H and O–H groups in total. The van der Waals surface area contributed by atoms with E-state index in [1.165, 1.54) is 18.4 Å². The SMILES string of the molecule is CN=C(NCCN(C(C)C)C(C)C)NCc1ccnc(N2CCCC2)c1.I. The first-order chi connectivity index (χ1) is 12.5. The predicted octanol–water partition coefficient (Wildman–Crippen LogP) is 3.08. The highest BCUT2D eigenvalue weighted by Crippen LogP contribution is 2.18. The van der Waals surface area contributed by atoms with Crippen molar-refractivity contribution < 1.29 is 0 Å². The van der Waals surface area contributed by atoms with E-state index in [0.717, 1.165) is 44.5 Å². The zero-order valence-electron chi connectivity index (χ0n) is 17.5. The van der Waals surface area contributed by atoms with Crippen molar-refractivity contribution in [2.24, 2.45) is 4.99 Å². The van der Waals surface area contributed by atoms with Crippen LogP contribution in [0.4, 0.5) is 5.82 Å². The molecule has 0 radical (unpaired) electrons. The molecule has 1 aliphatic rings. The minimum absolute atomic E-state index is 0. The molecule has 0 saturated carbocycles. The van der Waals surface area contributed by atoms with E-state index in [2.05, 4.69) is 70.2 Å². The molecule has 0 spiro atoms. The largest absolute Gasteiger partial charge is 0.357 e. The Labute approximate surface area is 182 Å². The third-order valence-corrected chi connectivity index (χ3v) is 4.91. The summed E-state index contributed by atoms with van der Waals surface area (Å²) < 4.78 is 0. The van der Waals surface area contributed by atoms with E-state index < -0.39 is 0 Å². The van der Waals surface area contributed by atoms with Gasteiger partial charge in [0.2, 0.25) is 0 Å². The standard InChI is InChI=1S/C20H36N6.HI/c1-16(2)26(17(3)4)13-10-23-20(21-5)24-15-18-8-9-22-19(14-18)25-11-6-7-12-25;/h8-9,14,16-17H,6-7,10-13,15H2,1-5H3,(H2,21,23,24);1H. The molecule has 0 unspecified atom stereocenters. The second kappa shape index (κ2) is 12.4. The van der Waals surface area contributed by atoms with Crippen LogP contribution < -0.4 is 15.5 Å². The Bertz CT molecular complexity index is 561. The van der Waals surface area contributed by atoms with Crippen LogP contribution in [0.5, 0.6) is 0 Å². The molecule has 1 saturated heterocycles. The van der Waals surface area contributed by atoms with Gasteiger partial charge in [0.05, 0.1) is 0 Å². The quantitative estimate of drug-likeness (QED) is 0.335. The first-order valence-electron chi connectivity index (χ1n) is 9.91. The van der Waals surface area contributed by atoms with Gasteiger partial charge in [-0.15, -0.1) is 24.0 Å². The predicted molar refractivity (Wildman–Crippen MR) is 126 cm³/mol. The number of anilines is 1. The Morgan fingerprint density at radius 2 is 1.85 bits per heavy atom. The monoisotopic (exact) mass is 488 g/mol. The number of guanidine groups is 1. The van der Waals surface area contributed by atoms with Crippen LogP contribution in [0.25, 0.3) is 0 Å². The van der Waals surface area contributed by atoms with Gasteiger partial charge in [-0.3, -0.25) is 9.89 Å². The van der Waals surface area contributed by atoms with Crippen molar-refractivity contribution >= 4 is 35.8 Å². The number of hydrogen-bond acceptors (Lipinski definition) is 4. The number of pyridine rings is 1. The highest BCUT2D eigenvalue weighted by atomic mass is 127. The molecule has 7 heteroatoms. The third-order valence-electron chi connectivity index (χ3n) is 4.91. The molecule has 27 heavy (non-hydrogen) atoms. The van der Waals surface area contributed by atoms with Crippen LogP contribution in [0, 0.1) is 0 Å². The van der Waals surface area contributed by atoms with Crippen LogP contribution in [0.15, 0.2) is 23.3 Å². The Hall–Kier alpha value is -1.09. The molecule has 1 aliphatic heterocycles. The number of nitrogens with one attached hydrogen (secondary N) is 2. The van der Waals surface area contributed by atoms with Gasteiger partial charge in [0.15, 0.2) is 5.96 Å². The van der Waals surface area contributed by atoms with Crippen LogP contribution >= 0.6 is 24.0 Å². The number of rotatable bonds is 8. The lowest BCUT2D eigenvalue weighted by molar-refractivity contribution is 0.178. The number of nitrogens with zero attached hydrogens (tertiary/aromatic N) is 4. The first-order valence-corrected chi connectivity index (χ1v) is 9.91. The lowest BCUT2D eigenvalue weighted by atomic mass is 10.2. The van der Waals surface area contributed by atoms with Gasteiger partial charge in [-0.25, -0.2) is 4.98 Å². The van der Waals surface area contributed by atoms with Crippen LogP contribution in [0.1, 0.15) is 46.1 Å². The fourth-order valence-corrected chi connectivity index (χ4v) is 3.51. The van der Waals surface area contributed by atoms with Gasteiger partial charge in [-0.05, 0) is 58.2 Å². The number of hydrogen-bond donors (Lipinski definition) is 2. The first kappa shape index (κ1) is 23.9. The summed E-state index contributed by atoms with van der Waals surface area (Å²) in [5.41, 5.74) is 1.23. The molecule has 1 fully saturated rings. The van der Waals surface area contributed by atoms with Crippen molar-refractivity contribution in [1.29, 1.82) is 0 Å². The maximum absolute atomic E-state index is 4.52. The summed E-state index contributed by atoms with van der Waals surface area (Å²) >= 11 is 0. The van der Waals surface area contributed by atoms with E-state index in [1.54, 1.807) is 0 Å². The molecule has 154 valence electrons. The average molecular weight is 488 g/mol. The van der Waals surface area contributed by atoms with E-state index >= 15 is 0 Å². The average Bonchev–Trinajstić information content (AvgIpc) is 3.15. The van der Waals surface area contributed by atoms with Gasteiger partial charge in [0.1, 0.15) is 5.82 Å². The summed E-state index contributed by atoms with van der Waals surface area (Å²) in [5, 5.41) is 6.83. The molecule has 0 bridgehead atoms. The van der Waals surface area contributed by atoms with E-state index in [-0.39, 0.29) is 24.0 Å². The van der Waals surface area contributed by atoms with Crippen molar-refractivity contribution in [3.8, 4) is 0 Å². The molecular weight excluding hydrogens is 451 g/mol. The molecule has 2 heterocycles.